The van der Waals surface area contributed by atoms with E-state index in [2.05, 4.69) is 19.2 Å². The van der Waals surface area contributed by atoms with Gasteiger partial charge in [0.1, 0.15) is 30.5 Å². The lowest BCUT2D eigenvalue weighted by molar-refractivity contribution is 0.0795. The monoisotopic (exact) mass is 263 g/mol. The topological polar surface area (TPSA) is 47.5 Å². The van der Waals surface area contributed by atoms with Gasteiger partial charge in [-0.3, -0.25) is 0 Å². The Labute approximate surface area is 113 Å². The number of aryl methyl sites for hydroxylation is 1. The number of rotatable bonds is 8. The zero-order valence-corrected chi connectivity index (χ0v) is 11.6. The Balaban J connectivity index is 1.78. The molecule has 0 spiro atoms. The number of furan rings is 2. The summed E-state index contributed by atoms with van der Waals surface area (Å²) in [7, 11) is 0. The molecule has 0 amide bonds. The molecule has 2 aromatic heterocycles. The molecule has 2 aromatic rings. The van der Waals surface area contributed by atoms with Gasteiger partial charge in [-0.05, 0) is 43.7 Å². The molecule has 0 aromatic carbocycles. The summed E-state index contributed by atoms with van der Waals surface area (Å²) < 4.78 is 16.5. The first-order valence-corrected chi connectivity index (χ1v) is 6.68. The van der Waals surface area contributed by atoms with Gasteiger partial charge in [-0.15, -0.1) is 0 Å². The molecular formula is C15H21NO3. The second-order valence-electron chi connectivity index (χ2n) is 4.57. The van der Waals surface area contributed by atoms with E-state index in [1.54, 1.807) is 6.26 Å². The molecule has 0 aliphatic rings. The van der Waals surface area contributed by atoms with Gasteiger partial charge in [0.05, 0.1) is 12.8 Å². The molecule has 4 heteroatoms. The molecule has 0 unspecified atom stereocenters. The van der Waals surface area contributed by atoms with Gasteiger partial charge in [0, 0.05) is 0 Å². The Morgan fingerprint density at radius 3 is 2.84 bits per heavy atom. The zero-order chi connectivity index (χ0) is 13.5. The molecule has 0 aliphatic heterocycles. The van der Waals surface area contributed by atoms with E-state index in [1.165, 1.54) is 5.56 Å². The fraction of sp³-hybridized carbons (Fsp3) is 0.467. The summed E-state index contributed by atoms with van der Waals surface area (Å²) in [6.07, 6.45) is 2.77. The minimum Gasteiger partial charge on any atom is -0.467 e. The third kappa shape index (κ3) is 4.26. The molecule has 0 saturated heterocycles. The third-order valence-electron chi connectivity index (χ3n) is 2.85. The minimum atomic E-state index is 0.468. The first-order chi connectivity index (χ1) is 9.29. The van der Waals surface area contributed by atoms with E-state index >= 15 is 0 Å². The fourth-order valence-electron chi connectivity index (χ4n) is 1.86. The van der Waals surface area contributed by atoms with Crippen LogP contribution in [0.4, 0.5) is 0 Å². The molecule has 0 fully saturated rings. The predicted octanol–water partition coefficient (Wildman–Crippen LogP) is 3.40. The van der Waals surface area contributed by atoms with E-state index in [0.29, 0.717) is 13.2 Å². The highest BCUT2D eigenvalue weighted by molar-refractivity contribution is 5.19. The number of nitrogens with one attached hydrogen (secondary N) is 1. The standard InChI is InChI=1S/C15H21NO3/c1-3-6-16-9-15-12(2)8-14(19-15)11-17-10-13-5-4-7-18-13/h4-5,7-8,16H,3,6,9-11H2,1-2H3. The van der Waals surface area contributed by atoms with Crippen LogP contribution in [0.1, 0.15) is 36.2 Å². The summed E-state index contributed by atoms with van der Waals surface area (Å²) >= 11 is 0. The molecule has 4 nitrogen and oxygen atoms in total. The fourth-order valence-corrected chi connectivity index (χ4v) is 1.86. The first-order valence-electron chi connectivity index (χ1n) is 6.68. The maximum Gasteiger partial charge on any atom is 0.130 e. The van der Waals surface area contributed by atoms with E-state index < -0.39 is 0 Å². The van der Waals surface area contributed by atoms with Crippen LogP contribution >= 0.6 is 0 Å². The van der Waals surface area contributed by atoms with Crippen molar-refractivity contribution < 1.29 is 13.6 Å². The van der Waals surface area contributed by atoms with Crippen LogP contribution in [-0.2, 0) is 24.5 Å². The van der Waals surface area contributed by atoms with E-state index in [4.69, 9.17) is 13.6 Å². The van der Waals surface area contributed by atoms with E-state index in [0.717, 1.165) is 36.8 Å². The Bertz CT molecular complexity index is 474. The second kappa shape index (κ2) is 7.16. The summed E-state index contributed by atoms with van der Waals surface area (Å²) in [4.78, 5) is 0. The highest BCUT2D eigenvalue weighted by Crippen LogP contribution is 2.16. The molecule has 2 heterocycles. The van der Waals surface area contributed by atoms with E-state index in [9.17, 15) is 0 Å². The summed E-state index contributed by atoms with van der Waals surface area (Å²) in [5, 5.41) is 3.33. The number of hydrogen-bond acceptors (Lipinski definition) is 4. The SMILES string of the molecule is CCCNCc1oc(COCc2ccco2)cc1C. The molecular weight excluding hydrogens is 242 g/mol. The lowest BCUT2D eigenvalue weighted by atomic mass is 10.2. The molecule has 0 saturated carbocycles. The molecule has 0 atom stereocenters. The molecule has 104 valence electrons. The summed E-state index contributed by atoms with van der Waals surface area (Å²) in [6, 6.07) is 5.78. The molecule has 19 heavy (non-hydrogen) atoms. The van der Waals surface area contributed by atoms with Crippen LogP contribution in [-0.4, -0.2) is 6.54 Å². The van der Waals surface area contributed by atoms with Crippen LogP contribution in [0.3, 0.4) is 0 Å². The first kappa shape index (κ1) is 13.9. The lowest BCUT2D eigenvalue weighted by Crippen LogP contribution is -2.13. The quantitative estimate of drug-likeness (QED) is 0.741. The van der Waals surface area contributed by atoms with Crippen LogP contribution < -0.4 is 5.32 Å². The minimum absolute atomic E-state index is 0.468. The highest BCUT2D eigenvalue weighted by atomic mass is 16.5. The van der Waals surface area contributed by atoms with Gasteiger partial charge >= 0.3 is 0 Å². The predicted molar refractivity (Wildman–Crippen MR) is 72.6 cm³/mol. The van der Waals surface area contributed by atoms with Crippen molar-refractivity contribution in [3.8, 4) is 0 Å². The smallest absolute Gasteiger partial charge is 0.130 e. The van der Waals surface area contributed by atoms with E-state index in [1.807, 2.05) is 18.2 Å². The summed E-state index contributed by atoms with van der Waals surface area (Å²) in [5.74, 6) is 2.68. The summed E-state index contributed by atoms with van der Waals surface area (Å²) in [6.45, 7) is 6.92. The van der Waals surface area contributed by atoms with Crippen LogP contribution in [0, 0.1) is 6.92 Å². The van der Waals surface area contributed by atoms with Gasteiger partial charge in [0.2, 0.25) is 0 Å². The van der Waals surface area contributed by atoms with Crippen LogP contribution in [0.15, 0.2) is 33.3 Å². The maximum atomic E-state index is 5.76. The normalized spacial score (nSPS) is 11.1. The highest BCUT2D eigenvalue weighted by Gasteiger charge is 2.07. The van der Waals surface area contributed by atoms with Crippen molar-refractivity contribution in [2.24, 2.45) is 0 Å². The van der Waals surface area contributed by atoms with Crippen molar-refractivity contribution in [1.82, 2.24) is 5.32 Å². The Kier molecular flexibility index (Phi) is 5.24. The zero-order valence-electron chi connectivity index (χ0n) is 11.6. The molecule has 2 rings (SSSR count). The second-order valence-corrected chi connectivity index (χ2v) is 4.57. The van der Waals surface area contributed by atoms with Crippen molar-refractivity contribution in [3.05, 3.63) is 47.3 Å². The number of hydrogen-bond donors (Lipinski definition) is 1. The van der Waals surface area contributed by atoms with Gasteiger partial charge in [0.25, 0.3) is 0 Å². The average molecular weight is 263 g/mol. The van der Waals surface area contributed by atoms with Crippen molar-refractivity contribution >= 4 is 0 Å². The lowest BCUT2D eigenvalue weighted by Gasteiger charge is -2.01. The van der Waals surface area contributed by atoms with Gasteiger partial charge in [0.15, 0.2) is 0 Å². The van der Waals surface area contributed by atoms with Gasteiger partial charge in [-0.1, -0.05) is 6.92 Å². The maximum absolute atomic E-state index is 5.76. The number of ether oxygens (including phenoxy) is 1. The molecule has 0 radical (unpaired) electrons. The van der Waals surface area contributed by atoms with Crippen LogP contribution in [0.2, 0.25) is 0 Å². The van der Waals surface area contributed by atoms with Gasteiger partial charge in [-0.2, -0.15) is 0 Å². The van der Waals surface area contributed by atoms with Gasteiger partial charge in [-0.25, -0.2) is 0 Å². The van der Waals surface area contributed by atoms with Crippen LogP contribution in [0.25, 0.3) is 0 Å². The molecule has 1 N–H and O–H groups in total. The molecule has 0 bridgehead atoms. The van der Waals surface area contributed by atoms with Crippen molar-refractivity contribution in [1.29, 1.82) is 0 Å². The van der Waals surface area contributed by atoms with Gasteiger partial charge < -0.3 is 18.9 Å². The summed E-state index contributed by atoms with van der Waals surface area (Å²) in [5.41, 5.74) is 1.17. The van der Waals surface area contributed by atoms with Crippen LogP contribution in [0.5, 0.6) is 0 Å². The Morgan fingerprint density at radius 1 is 1.26 bits per heavy atom. The third-order valence-corrected chi connectivity index (χ3v) is 2.85. The Hall–Kier alpha value is -1.52. The van der Waals surface area contributed by atoms with Crippen molar-refractivity contribution in [2.75, 3.05) is 6.54 Å². The average Bonchev–Trinajstić information content (AvgIpc) is 3.01. The molecule has 0 aliphatic carbocycles. The van der Waals surface area contributed by atoms with Crippen molar-refractivity contribution in [2.45, 2.75) is 40.0 Å². The van der Waals surface area contributed by atoms with Crippen molar-refractivity contribution in [3.63, 3.8) is 0 Å². The Morgan fingerprint density at radius 2 is 2.11 bits per heavy atom. The van der Waals surface area contributed by atoms with E-state index in [-0.39, 0.29) is 0 Å². The largest absolute Gasteiger partial charge is 0.467 e.